The highest BCUT2D eigenvalue weighted by molar-refractivity contribution is 7.98. The van der Waals surface area contributed by atoms with Gasteiger partial charge in [0, 0.05) is 18.8 Å². The largest absolute Gasteiger partial charge is 0.459 e. The average molecular weight is 389 g/mol. The average Bonchev–Trinajstić information content (AvgIpc) is 3.22. The summed E-state index contributed by atoms with van der Waals surface area (Å²) < 4.78 is 5.09. The van der Waals surface area contributed by atoms with Crippen LogP contribution in [-0.4, -0.2) is 37.0 Å². The smallest absolute Gasteiger partial charge is 0.291 e. The Labute approximate surface area is 165 Å². The third kappa shape index (κ3) is 7.78. The van der Waals surface area contributed by atoms with E-state index in [2.05, 4.69) is 34.1 Å². The quantitative estimate of drug-likeness (QED) is 0.328. The summed E-state index contributed by atoms with van der Waals surface area (Å²) in [5.74, 6) is 2.06. The molecular weight excluding hydrogens is 360 g/mol. The van der Waals surface area contributed by atoms with E-state index in [0.717, 1.165) is 36.7 Å². The summed E-state index contributed by atoms with van der Waals surface area (Å²) in [5.41, 5.74) is 1.80. The number of carbonyl (C=O) groups is 1. The Hall–Kier alpha value is -2.41. The fraction of sp³-hybridized carbons (Fsp3) is 0.400. The van der Waals surface area contributed by atoms with Crippen LogP contribution < -0.4 is 16.0 Å². The molecule has 0 fully saturated rings. The molecule has 0 aliphatic heterocycles. The van der Waals surface area contributed by atoms with E-state index in [1.165, 1.54) is 18.4 Å². The van der Waals surface area contributed by atoms with Gasteiger partial charge in [-0.15, -0.1) is 0 Å². The number of nitrogens with one attached hydrogen (secondary N) is 3. The highest BCUT2D eigenvalue weighted by Gasteiger charge is 2.08. The Bertz CT molecular complexity index is 699. The van der Waals surface area contributed by atoms with Crippen LogP contribution in [0.25, 0.3) is 0 Å². The number of guanidine groups is 1. The van der Waals surface area contributed by atoms with Gasteiger partial charge in [0.2, 0.25) is 0 Å². The van der Waals surface area contributed by atoms with Crippen molar-refractivity contribution in [1.29, 1.82) is 0 Å². The molecule has 1 amide bonds. The molecule has 1 aromatic heterocycles. The molecule has 146 valence electrons. The summed E-state index contributed by atoms with van der Waals surface area (Å²) in [6.07, 6.45) is 5.95. The molecule has 0 spiro atoms. The molecule has 0 aliphatic carbocycles. The van der Waals surface area contributed by atoms with Crippen molar-refractivity contribution in [3.63, 3.8) is 0 Å². The maximum Gasteiger partial charge on any atom is 0.291 e. The van der Waals surface area contributed by atoms with Gasteiger partial charge >= 0.3 is 0 Å². The number of nitrogens with zero attached hydrogens (tertiary/aromatic N) is 1. The minimum absolute atomic E-state index is 0.258. The zero-order chi connectivity index (χ0) is 19.3. The van der Waals surface area contributed by atoms with Crippen LogP contribution in [0.1, 0.15) is 35.9 Å². The number of furan rings is 1. The minimum atomic E-state index is -0.258. The first kappa shape index (κ1) is 20.9. The maximum absolute atomic E-state index is 12.0. The fourth-order valence-electron chi connectivity index (χ4n) is 2.38. The van der Waals surface area contributed by atoms with Crippen LogP contribution in [0, 0.1) is 0 Å². The van der Waals surface area contributed by atoms with Crippen LogP contribution in [-0.2, 0) is 6.54 Å². The summed E-state index contributed by atoms with van der Waals surface area (Å²) in [6, 6.07) is 11.0. The zero-order valence-corrected chi connectivity index (χ0v) is 16.8. The van der Waals surface area contributed by atoms with Crippen LogP contribution in [0.4, 0.5) is 5.69 Å². The van der Waals surface area contributed by atoms with Crippen molar-refractivity contribution >= 4 is 29.3 Å². The van der Waals surface area contributed by atoms with Gasteiger partial charge in [0.25, 0.3) is 5.91 Å². The Kier molecular flexibility index (Phi) is 9.34. The maximum atomic E-state index is 12.0. The summed E-state index contributed by atoms with van der Waals surface area (Å²) in [4.78, 5) is 16.6. The zero-order valence-electron chi connectivity index (χ0n) is 16.0. The van der Waals surface area contributed by atoms with Gasteiger partial charge < -0.3 is 20.4 Å². The number of benzene rings is 1. The van der Waals surface area contributed by atoms with Crippen LogP contribution in [0.15, 0.2) is 52.1 Å². The molecule has 0 atom stereocenters. The second kappa shape index (κ2) is 12.1. The van der Waals surface area contributed by atoms with Crippen LogP contribution in [0.2, 0.25) is 0 Å². The third-order valence-corrected chi connectivity index (χ3v) is 4.49. The van der Waals surface area contributed by atoms with Crippen LogP contribution >= 0.6 is 11.8 Å². The van der Waals surface area contributed by atoms with Gasteiger partial charge in [-0.3, -0.25) is 4.79 Å². The van der Waals surface area contributed by atoms with E-state index >= 15 is 0 Å². The lowest BCUT2D eigenvalue weighted by Crippen LogP contribution is -2.37. The Morgan fingerprint density at radius 2 is 1.96 bits per heavy atom. The summed E-state index contributed by atoms with van der Waals surface area (Å²) in [7, 11) is 0. The van der Waals surface area contributed by atoms with Gasteiger partial charge in [-0.2, -0.15) is 11.8 Å². The lowest BCUT2D eigenvalue weighted by atomic mass is 10.2. The van der Waals surface area contributed by atoms with Crippen LogP contribution in [0.3, 0.4) is 0 Å². The standard InChI is InChI=1S/C20H28N4O2S/c1-3-21-20(22-12-4-5-14-27-2)23-15-16-8-10-17(11-9-16)24-19(25)18-7-6-13-26-18/h6-11,13H,3-5,12,14-15H2,1-2H3,(H,24,25)(H2,21,22,23). The molecule has 7 heteroatoms. The SMILES string of the molecule is CCNC(=NCc1ccc(NC(=O)c2ccco2)cc1)NCCCCSC. The van der Waals surface area contributed by atoms with Gasteiger partial charge in [-0.25, -0.2) is 4.99 Å². The molecule has 0 bridgehead atoms. The van der Waals surface area contributed by atoms with E-state index in [9.17, 15) is 4.79 Å². The molecule has 0 saturated carbocycles. The number of hydrogen-bond donors (Lipinski definition) is 3. The minimum Gasteiger partial charge on any atom is -0.459 e. The van der Waals surface area contributed by atoms with Crippen LogP contribution in [0.5, 0.6) is 0 Å². The number of carbonyl (C=O) groups excluding carboxylic acids is 1. The van der Waals surface area contributed by atoms with E-state index in [4.69, 9.17) is 4.42 Å². The number of amides is 1. The monoisotopic (exact) mass is 388 g/mol. The summed E-state index contributed by atoms with van der Waals surface area (Å²) in [6.45, 7) is 4.38. The first-order valence-corrected chi connectivity index (χ1v) is 10.6. The normalized spacial score (nSPS) is 11.3. The first-order valence-electron chi connectivity index (χ1n) is 9.18. The highest BCUT2D eigenvalue weighted by atomic mass is 32.2. The third-order valence-electron chi connectivity index (χ3n) is 3.79. The van der Waals surface area contributed by atoms with E-state index in [1.807, 2.05) is 36.0 Å². The van der Waals surface area contributed by atoms with Crippen molar-refractivity contribution in [2.24, 2.45) is 4.99 Å². The molecule has 6 nitrogen and oxygen atoms in total. The summed E-state index contributed by atoms with van der Waals surface area (Å²) in [5, 5.41) is 9.43. The predicted molar refractivity (Wildman–Crippen MR) is 114 cm³/mol. The number of anilines is 1. The van der Waals surface area contributed by atoms with Gasteiger partial charge in [-0.1, -0.05) is 12.1 Å². The lowest BCUT2D eigenvalue weighted by molar-refractivity contribution is 0.0996. The molecule has 27 heavy (non-hydrogen) atoms. The number of hydrogen-bond acceptors (Lipinski definition) is 4. The second-order valence-corrected chi connectivity index (χ2v) is 6.94. The topological polar surface area (TPSA) is 78.7 Å². The van der Waals surface area contributed by atoms with Crippen molar-refractivity contribution in [3.8, 4) is 0 Å². The molecule has 2 aromatic rings. The summed E-state index contributed by atoms with van der Waals surface area (Å²) >= 11 is 1.88. The van der Waals surface area contributed by atoms with Crippen molar-refractivity contribution in [2.45, 2.75) is 26.3 Å². The Morgan fingerprint density at radius 3 is 2.63 bits per heavy atom. The van der Waals surface area contributed by atoms with E-state index in [-0.39, 0.29) is 5.91 Å². The number of thioether (sulfide) groups is 1. The molecule has 0 unspecified atom stereocenters. The van der Waals surface area contributed by atoms with Gasteiger partial charge in [0.15, 0.2) is 11.7 Å². The van der Waals surface area contributed by atoms with E-state index in [0.29, 0.717) is 12.3 Å². The Balaban J connectivity index is 1.83. The van der Waals surface area contributed by atoms with E-state index < -0.39 is 0 Å². The number of rotatable bonds is 10. The molecular formula is C20H28N4O2S. The van der Waals surface area contributed by atoms with Gasteiger partial charge in [-0.05, 0) is 61.6 Å². The van der Waals surface area contributed by atoms with Crippen molar-refractivity contribution in [1.82, 2.24) is 10.6 Å². The molecule has 1 aromatic carbocycles. The highest BCUT2D eigenvalue weighted by Crippen LogP contribution is 2.12. The van der Waals surface area contributed by atoms with Gasteiger partial charge in [0.1, 0.15) is 0 Å². The van der Waals surface area contributed by atoms with Crippen molar-refractivity contribution in [2.75, 3.05) is 30.4 Å². The molecule has 0 aliphatic rings. The number of unbranched alkanes of at least 4 members (excludes halogenated alkanes) is 1. The molecule has 2 rings (SSSR count). The van der Waals surface area contributed by atoms with Crippen molar-refractivity contribution < 1.29 is 9.21 Å². The molecule has 1 heterocycles. The predicted octanol–water partition coefficient (Wildman–Crippen LogP) is 3.73. The molecule has 0 saturated heterocycles. The molecule has 0 radical (unpaired) electrons. The van der Waals surface area contributed by atoms with Gasteiger partial charge in [0.05, 0.1) is 12.8 Å². The first-order chi connectivity index (χ1) is 13.2. The number of aliphatic imine (C=N–C) groups is 1. The van der Waals surface area contributed by atoms with E-state index in [1.54, 1.807) is 12.1 Å². The second-order valence-electron chi connectivity index (χ2n) is 5.95. The lowest BCUT2D eigenvalue weighted by Gasteiger charge is -2.11. The Morgan fingerprint density at radius 1 is 1.15 bits per heavy atom. The fourth-order valence-corrected chi connectivity index (χ4v) is 2.88. The van der Waals surface area contributed by atoms with Crippen molar-refractivity contribution in [3.05, 3.63) is 54.0 Å². The molecule has 3 N–H and O–H groups in total.